The van der Waals surface area contributed by atoms with Crippen LogP contribution in [0.25, 0.3) is 11.1 Å². The standard InChI is InChI=1S/C20H23N3O5S2/c1-13-4-6-14(7-5-13)21-19(24)16(10-11-29-3)22-30(26,27)15-8-9-17-18(12-15)28-20(25)23(17)2/h4-9,12,16,22H,10-11H2,1-3H3,(H,21,24)/t16-/m1/s1. The summed E-state index contributed by atoms with van der Waals surface area (Å²) in [5.74, 6) is -0.423. The Balaban J connectivity index is 1.84. The minimum atomic E-state index is -4.02. The summed E-state index contributed by atoms with van der Waals surface area (Å²) in [6, 6.07) is 10.4. The molecule has 1 amide bonds. The van der Waals surface area contributed by atoms with Crippen molar-refractivity contribution in [3.8, 4) is 0 Å². The van der Waals surface area contributed by atoms with Gasteiger partial charge in [0.25, 0.3) is 0 Å². The van der Waals surface area contributed by atoms with Crippen LogP contribution in [0.15, 0.2) is 56.6 Å². The number of benzene rings is 2. The van der Waals surface area contributed by atoms with Gasteiger partial charge in [0.2, 0.25) is 15.9 Å². The van der Waals surface area contributed by atoms with Crippen molar-refractivity contribution < 1.29 is 17.6 Å². The molecule has 0 aliphatic carbocycles. The molecule has 0 bridgehead atoms. The monoisotopic (exact) mass is 449 g/mol. The van der Waals surface area contributed by atoms with Gasteiger partial charge < -0.3 is 9.73 Å². The zero-order chi connectivity index (χ0) is 21.9. The highest BCUT2D eigenvalue weighted by Crippen LogP contribution is 2.19. The number of oxazole rings is 1. The number of aromatic nitrogens is 1. The highest BCUT2D eigenvalue weighted by Gasteiger charge is 2.26. The van der Waals surface area contributed by atoms with Crippen LogP contribution in [0.5, 0.6) is 0 Å². The number of hydrogen-bond acceptors (Lipinski definition) is 6. The zero-order valence-electron chi connectivity index (χ0n) is 16.8. The Bertz CT molecular complexity index is 1210. The van der Waals surface area contributed by atoms with Crippen LogP contribution in [0.4, 0.5) is 5.69 Å². The van der Waals surface area contributed by atoms with Crippen LogP contribution < -0.4 is 15.8 Å². The van der Waals surface area contributed by atoms with Crippen LogP contribution in [0.1, 0.15) is 12.0 Å². The van der Waals surface area contributed by atoms with Gasteiger partial charge in [0, 0.05) is 18.8 Å². The molecule has 1 heterocycles. The minimum absolute atomic E-state index is 0.0818. The van der Waals surface area contributed by atoms with E-state index in [1.165, 1.54) is 41.6 Å². The van der Waals surface area contributed by atoms with Crippen molar-refractivity contribution in [2.24, 2.45) is 7.05 Å². The molecular weight excluding hydrogens is 426 g/mol. The maximum atomic E-state index is 12.9. The summed E-state index contributed by atoms with van der Waals surface area (Å²) in [6.45, 7) is 1.94. The highest BCUT2D eigenvalue weighted by atomic mass is 32.2. The summed E-state index contributed by atoms with van der Waals surface area (Å²) in [4.78, 5) is 24.3. The van der Waals surface area contributed by atoms with Crippen molar-refractivity contribution in [1.82, 2.24) is 9.29 Å². The molecule has 8 nitrogen and oxygen atoms in total. The van der Waals surface area contributed by atoms with Crippen LogP contribution in [0, 0.1) is 6.92 Å². The Morgan fingerprint density at radius 2 is 1.90 bits per heavy atom. The van der Waals surface area contributed by atoms with Gasteiger partial charge in [-0.1, -0.05) is 17.7 Å². The largest absolute Gasteiger partial charge is 0.419 e. The average Bonchev–Trinajstić information content (AvgIpc) is 3.00. The molecule has 10 heteroatoms. The predicted molar refractivity (Wildman–Crippen MR) is 118 cm³/mol. The number of carbonyl (C=O) groups is 1. The number of fused-ring (bicyclic) bond motifs is 1. The quantitative estimate of drug-likeness (QED) is 0.547. The van der Waals surface area contributed by atoms with Crippen LogP contribution in [0.2, 0.25) is 0 Å². The van der Waals surface area contributed by atoms with E-state index in [1.54, 1.807) is 12.1 Å². The lowest BCUT2D eigenvalue weighted by Gasteiger charge is -2.18. The van der Waals surface area contributed by atoms with E-state index in [4.69, 9.17) is 4.42 Å². The summed E-state index contributed by atoms with van der Waals surface area (Å²) in [5, 5.41) is 2.75. The average molecular weight is 450 g/mol. The Morgan fingerprint density at radius 3 is 2.57 bits per heavy atom. The van der Waals surface area contributed by atoms with E-state index >= 15 is 0 Å². The third-order valence-corrected chi connectivity index (χ3v) is 6.73. The first-order chi connectivity index (χ1) is 14.2. The van der Waals surface area contributed by atoms with E-state index in [0.717, 1.165) is 5.56 Å². The van der Waals surface area contributed by atoms with E-state index in [2.05, 4.69) is 10.0 Å². The number of sulfonamides is 1. The van der Waals surface area contributed by atoms with Gasteiger partial charge >= 0.3 is 5.76 Å². The lowest BCUT2D eigenvalue weighted by molar-refractivity contribution is -0.117. The van der Waals surface area contributed by atoms with Crippen molar-refractivity contribution in [3.05, 3.63) is 58.6 Å². The van der Waals surface area contributed by atoms with E-state index < -0.39 is 27.7 Å². The van der Waals surface area contributed by atoms with Crippen molar-refractivity contribution in [2.75, 3.05) is 17.3 Å². The maximum absolute atomic E-state index is 12.9. The van der Waals surface area contributed by atoms with Crippen molar-refractivity contribution in [1.29, 1.82) is 0 Å². The third-order valence-electron chi connectivity index (χ3n) is 4.62. The molecule has 0 saturated heterocycles. The SMILES string of the molecule is CSCC[C@@H](NS(=O)(=O)c1ccc2c(c1)oc(=O)n2C)C(=O)Nc1ccc(C)cc1. The number of aryl methyl sites for hydroxylation is 2. The minimum Gasteiger partial charge on any atom is -0.408 e. The third kappa shape index (κ3) is 4.94. The molecule has 0 saturated carbocycles. The van der Waals surface area contributed by atoms with E-state index in [1.807, 2.05) is 25.3 Å². The molecule has 3 rings (SSSR count). The summed E-state index contributed by atoms with van der Waals surface area (Å²) in [6.07, 6.45) is 2.20. The van der Waals surface area contributed by atoms with Gasteiger partial charge in [-0.15, -0.1) is 0 Å². The zero-order valence-corrected chi connectivity index (χ0v) is 18.5. The van der Waals surface area contributed by atoms with E-state index in [-0.39, 0.29) is 10.5 Å². The molecular formula is C20H23N3O5S2. The summed E-state index contributed by atoms with van der Waals surface area (Å²) in [5.41, 5.74) is 2.28. The second kappa shape index (κ2) is 9.07. The van der Waals surface area contributed by atoms with Crippen LogP contribution >= 0.6 is 11.8 Å². The number of carbonyl (C=O) groups excluding carboxylic acids is 1. The predicted octanol–water partition coefficient (Wildman–Crippen LogP) is 2.48. The second-order valence-electron chi connectivity index (χ2n) is 6.87. The van der Waals surface area contributed by atoms with Crippen molar-refractivity contribution in [3.63, 3.8) is 0 Å². The van der Waals surface area contributed by atoms with Crippen LogP contribution in [0.3, 0.4) is 0 Å². The Hall–Kier alpha value is -2.56. The summed E-state index contributed by atoms with van der Waals surface area (Å²) < 4.78 is 34.7. The van der Waals surface area contributed by atoms with E-state index in [0.29, 0.717) is 23.4 Å². The molecule has 2 aromatic carbocycles. The molecule has 0 aliphatic rings. The molecule has 2 N–H and O–H groups in total. The number of amides is 1. The van der Waals surface area contributed by atoms with Crippen LogP contribution in [-0.2, 0) is 21.9 Å². The molecule has 3 aromatic rings. The van der Waals surface area contributed by atoms with Gasteiger partial charge in [0.05, 0.1) is 10.4 Å². The summed E-state index contributed by atoms with van der Waals surface area (Å²) in [7, 11) is -2.48. The lowest BCUT2D eigenvalue weighted by Crippen LogP contribution is -2.44. The number of nitrogens with zero attached hydrogens (tertiary/aromatic N) is 1. The number of hydrogen-bond donors (Lipinski definition) is 2. The molecule has 0 aliphatic heterocycles. The molecule has 0 fully saturated rings. The first kappa shape index (κ1) is 22.1. The van der Waals surface area contributed by atoms with E-state index in [9.17, 15) is 18.0 Å². The molecule has 160 valence electrons. The number of thioether (sulfide) groups is 1. The molecule has 1 aromatic heterocycles. The molecule has 0 spiro atoms. The van der Waals surface area contributed by atoms with Crippen molar-refractivity contribution >= 4 is 44.5 Å². The normalized spacial score (nSPS) is 12.8. The fraction of sp³-hybridized carbons (Fsp3) is 0.300. The van der Waals surface area contributed by atoms with Gasteiger partial charge in [-0.05, 0) is 49.6 Å². The van der Waals surface area contributed by atoms with Gasteiger partial charge in [-0.3, -0.25) is 9.36 Å². The second-order valence-corrected chi connectivity index (χ2v) is 9.57. The Kier molecular flexibility index (Phi) is 6.69. The summed E-state index contributed by atoms with van der Waals surface area (Å²) >= 11 is 1.52. The Morgan fingerprint density at radius 1 is 1.20 bits per heavy atom. The molecule has 0 radical (unpaired) electrons. The van der Waals surface area contributed by atoms with Gasteiger partial charge in [0.1, 0.15) is 6.04 Å². The van der Waals surface area contributed by atoms with Gasteiger partial charge in [0.15, 0.2) is 5.58 Å². The number of nitrogens with one attached hydrogen (secondary N) is 2. The molecule has 30 heavy (non-hydrogen) atoms. The number of rotatable bonds is 8. The maximum Gasteiger partial charge on any atom is 0.419 e. The van der Waals surface area contributed by atoms with Gasteiger partial charge in [-0.2, -0.15) is 16.5 Å². The first-order valence-corrected chi connectivity index (χ1v) is 12.1. The highest BCUT2D eigenvalue weighted by molar-refractivity contribution is 7.98. The first-order valence-electron chi connectivity index (χ1n) is 9.19. The molecule has 0 unspecified atom stereocenters. The topological polar surface area (TPSA) is 110 Å². The molecule has 1 atom stereocenters. The van der Waals surface area contributed by atoms with Gasteiger partial charge in [-0.25, -0.2) is 13.2 Å². The fourth-order valence-electron chi connectivity index (χ4n) is 2.88. The Labute approximate surface area is 178 Å². The lowest BCUT2D eigenvalue weighted by atomic mass is 10.2. The number of anilines is 1. The smallest absolute Gasteiger partial charge is 0.408 e. The van der Waals surface area contributed by atoms with Crippen molar-refractivity contribution in [2.45, 2.75) is 24.3 Å². The fourth-order valence-corrected chi connectivity index (χ4v) is 4.60. The van der Waals surface area contributed by atoms with Crippen LogP contribution in [-0.4, -0.2) is 36.9 Å².